The molecule has 0 radical (unpaired) electrons. The van der Waals surface area contributed by atoms with Crippen molar-refractivity contribution in [2.75, 3.05) is 13.7 Å². The van der Waals surface area contributed by atoms with Gasteiger partial charge in [0, 0.05) is 13.7 Å². The molecule has 0 spiro atoms. The van der Waals surface area contributed by atoms with E-state index in [1.165, 1.54) is 5.56 Å². The van der Waals surface area contributed by atoms with Crippen LogP contribution in [-0.4, -0.2) is 23.5 Å². The van der Waals surface area contributed by atoms with E-state index in [2.05, 4.69) is 44.7 Å². The summed E-state index contributed by atoms with van der Waals surface area (Å²) in [5.41, 5.74) is 3.04. The van der Waals surface area contributed by atoms with Gasteiger partial charge in [-0.1, -0.05) is 57.2 Å². The Morgan fingerprint density at radius 3 is 2.37 bits per heavy atom. The van der Waals surface area contributed by atoms with Gasteiger partial charge in [-0.2, -0.15) is 0 Å². The molecule has 19 heavy (non-hydrogen) atoms. The van der Waals surface area contributed by atoms with E-state index < -0.39 is 9.76 Å². The summed E-state index contributed by atoms with van der Waals surface area (Å²) in [6, 6.07) is 8.50. The standard InChI is InChI=1S/C16H26O2Si/c1-5-13-8-10-14(11-9-13)16(7-3)18-19-15(6-2)12-17-4/h5,8-11,15-16H,1,6-7,12,19H2,2-4H3. The molecule has 0 saturated carbocycles. The number of hydrogen-bond donors (Lipinski definition) is 0. The Morgan fingerprint density at radius 2 is 1.89 bits per heavy atom. The van der Waals surface area contributed by atoms with Crippen LogP contribution < -0.4 is 0 Å². The lowest BCUT2D eigenvalue weighted by atomic mass is 10.1. The van der Waals surface area contributed by atoms with E-state index in [9.17, 15) is 0 Å². The summed E-state index contributed by atoms with van der Waals surface area (Å²) in [5.74, 6) is 0. The number of ether oxygens (including phenoxy) is 1. The van der Waals surface area contributed by atoms with Crippen molar-refractivity contribution in [3.8, 4) is 0 Å². The molecule has 2 nitrogen and oxygen atoms in total. The molecule has 3 heteroatoms. The highest BCUT2D eigenvalue weighted by Crippen LogP contribution is 2.23. The minimum atomic E-state index is -0.548. The molecule has 0 aromatic heterocycles. The molecule has 0 fully saturated rings. The maximum atomic E-state index is 6.19. The predicted molar refractivity (Wildman–Crippen MR) is 85.1 cm³/mol. The Bertz CT molecular complexity index is 362. The average molecular weight is 278 g/mol. The Balaban J connectivity index is 2.58. The van der Waals surface area contributed by atoms with Gasteiger partial charge in [0.1, 0.15) is 0 Å². The molecule has 0 bridgehead atoms. The van der Waals surface area contributed by atoms with Gasteiger partial charge in [0.15, 0.2) is 9.76 Å². The van der Waals surface area contributed by atoms with Crippen LogP contribution >= 0.6 is 0 Å². The molecule has 0 aliphatic carbocycles. The summed E-state index contributed by atoms with van der Waals surface area (Å²) in [6.45, 7) is 8.99. The SMILES string of the molecule is C=Cc1ccc(C(CC)O[SiH2]C(CC)COC)cc1. The molecule has 2 atom stereocenters. The molecule has 0 N–H and O–H groups in total. The van der Waals surface area contributed by atoms with Crippen molar-refractivity contribution in [3.63, 3.8) is 0 Å². The molecule has 1 aromatic rings. The first-order chi connectivity index (χ1) is 9.24. The van der Waals surface area contributed by atoms with E-state index in [0.29, 0.717) is 5.54 Å². The van der Waals surface area contributed by atoms with Crippen LogP contribution in [0.15, 0.2) is 30.8 Å². The lowest BCUT2D eigenvalue weighted by Gasteiger charge is -2.20. The van der Waals surface area contributed by atoms with Gasteiger partial charge >= 0.3 is 0 Å². The smallest absolute Gasteiger partial charge is 0.167 e. The van der Waals surface area contributed by atoms with E-state index >= 15 is 0 Å². The third-order valence-corrected chi connectivity index (χ3v) is 5.31. The molecule has 1 aromatic carbocycles. The van der Waals surface area contributed by atoms with Crippen LogP contribution in [0.1, 0.15) is 43.9 Å². The fourth-order valence-corrected chi connectivity index (χ4v) is 3.57. The maximum absolute atomic E-state index is 6.19. The first-order valence-electron chi connectivity index (χ1n) is 7.08. The number of benzene rings is 1. The zero-order valence-electron chi connectivity index (χ0n) is 12.4. The average Bonchev–Trinajstić information content (AvgIpc) is 2.47. The monoisotopic (exact) mass is 278 g/mol. The Hall–Kier alpha value is -0.903. The summed E-state index contributed by atoms with van der Waals surface area (Å²) < 4.78 is 11.4. The summed E-state index contributed by atoms with van der Waals surface area (Å²) >= 11 is 0. The van der Waals surface area contributed by atoms with Gasteiger partial charge in [-0.25, -0.2) is 0 Å². The van der Waals surface area contributed by atoms with Crippen molar-refractivity contribution in [2.45, 2.75) is 38.3 Å². The molecule has 0 aliphatic heterocycles. The largest absolute Gasteiger partial charge is 0.417 e. The topological polar surface area (TPSA) is 18.5 Å². The highest BCUT2D eigenvalue weighted by atomic mass is 28.2. The van der Waals surface area contributed by atoms with Gasteiger partial charge in [0.2, 0.25) is 0 Å². The van der Waals surface area contributed by atoms with Crippen molar-refractivity contribution in [1.82, 2.24) is 0 Å². The van der Waals surface area contributed by atoms with Crippen molar-refractivity contribution in [1.29, 1.82) is 0 Å². The summed E-state index contributed by atoms with van der Waals surface area (Å²) in [5, 5.41) is 0. The second-order valence-corrected chi connectivity index (χ2v) is 6.65. The van der Waals surface area contributed by atoms with E-state index in [1.807, 2.05) is 6.08 Å². The Kier molecular flexibility index (Phi) is 7.71. The second-order valence-electron chi connectivity index (χ2n) is 4.83. The highest BCUT2D eigenvalue weighted by Gasteiger charge is 2.13. The molecule has 0 heterocycles. The fraction of sp³-hybridized carbons (Fsp3) is 0.500. The predicted octanol–water partition coefficient (Wildman–Crippen LogP) is 3.73. The molecule has 106 valence electrons. The van der Waals surface area contributed by atoms with E-state index in [1.54, 1.807) is 7.11 Å². The highest BCUT2D eigenvalue weighted by molar-refractivity contribution is 6.29. The van der Waals surface area contributed by atoms with Crippen molar-refractivity contribution >= 4 is 15.8 Å². The normalized spacial score (nSPS) is 14.7. The van der Waals surface area contributed by atoms with Crippen molar-refractivity contribution in [3.05, 3.63) is 42.0 Å². The van der Waals surface area contributed by atoms with Crippen molar-refractivity contribution in [2.24, 2.45) is 0 Å². The van der Waals surface area contributed by atoms with Crippen LogP contribution in [0.3, 0.4) is 0 Å². The van der Waals surface area contributed by atoms with Crippen LogP contribution in [0, 0.1) is 0 Å². The first-order valence-corrected chi connectivity index (χ1v) is 8.47. The van der Waals surface area contributed by atoms with Crippen LogP contribution in [0.4, 0.5) is 0 Å². The van der Waals surface area contributed by atoms with Gasteiger partial charge in [0.05, 0.1) is 6.10 Å². The maximum Gasteiger partial charge on any atom is 0.167 e. The third kappa shape index (κ3) is 5.31. The molecule has 0 aliphatic rings. The van der Waals surface area contributed by atoms with Gasteiger partial charge < -0.3 is 9.16 Å². The fourth-order valence-electron chi connectivity index (χ4n) is 2.07. The first kappa shape index (κ1) is 16.2. The van der Waals surface area contributed by atoms with Crippen LogP contribution in [0.2, 0.25) is 5.54 Å². The van der Waals surface area contributed by atoms with E-state index in [-0.39, 0.29) is 6.10 Å². The molecular weight excluding hydrogens is 252 g/mol. The quantitative estimate of drug-likeness (QED) is 0.641. The lowest BCUT2D eigenvalue weighted by molar-refractivity contribution is 0.171. The van der Waals surface area contributed by atoms with Gasteiger partial charge in [-0.05, 0) is 23.1 Å². The molecule has 2 unspecified atom stereocenters. The summed E-state index contributed by atoms with van der Waals surface area (Å²) in [7, 11) is 1.22. The summed E-state index contributed by atoms with van der Waals surface area (Å²) in [6.07, 6.45) is 4.26. The molecule has 1 rings (SSSR count). The molecular formula is C16H26O2Si. The minimum Gasteiger partial charge on any atom is -0.417 e. The molecule has 0 saturated heterocycles. The third-order valence-electron chi connectivity index (χ3n) is 3.43. The Labute approximate surface area is 119 Å². The zero-order valence-corrected chi connectivity index (χ0v) is 13.8. The van der Waals surface area contributed by atoms with Crippen LogP contribution in [-0.2, 0) is 9.16 Å². The number of rotatable bonds is 9. The van der Waals surface area contributed by atoms with Crippen LogP contribution in [0.5, 0.6) is 0 Å². The van der Waals surface area contributed by atoms with Gasteiger partial charge in [-0.3, -0.25) is 0 Å². The summed E-state index contributed by atoms with van der Waals surface area (Å²) in [4.78, 5) is 0. The van der Waals surface area contributed by atoms with E-state index in [4.69, 9.17) is 9.16 Å². The van der Waals surface area contributed by atoms with Gasteiger partial charge in [-0.15, -0.1) is 0 Å². The number of methoxy groups -OCH3 is 1. The number of hydrogen-bond acceptors (Lipinski definition) is 2. The second kappa shape index (κ2) is 9.07. The zero-order chi connectivity index (χ0) is 14.1. The molecule has 0 amide bonds. The van der Waals surface area contributed by atoms with Gasteiger partial charge in [0.25, 0.3) is 0 Å². The Morgan fingerprint density at radius 1 is 1.21 bits per heavy atom. The lowest BCUT2D eigenvalue weighted by Crippen LogP contribution is -2.15. The van der Waals surface area contributed by atoms with Crippen LogP contribution in [0.25, 0.3) is 6.08 Å². The minimum absolute atomic E-state index is 0.233. The van der Waals surface area contributed by atoms with Crippen molar-refractivity contribution < 1.29 is 9.16 Å². The van der Waals surface area contributed by atoms with E-state index in [0.717, 1.165) is 25.0 Å².